The fourth-order valence-electron chi connectivity index (χ4n) is 2.36. The molecule has 1 rings (SSSR count). The first kappa shape index (κ1) is 12.9. The van der Waals surface area contributed by atoms with Crippen LogP contribution in [0.4, 0.5) is 0 Å². The van der Waals surface area contributed by atoms with Crippen molar-refractivity contribution in [1.82, 2.24) is 10.2 Å². The highest BCUT2D eigenvalue weighted by molar-refractivity contribution is 4.77. The molecule has 2 unspecified atom stereocenters. The summed E-state index contributed by atoms with van der Waals surface area (Å²) in [5.74, 6) is 0.831. The van der Waals surface area contributed by atoms with E-state index in [0.29, 0.717) is 6.04 Å². The Labute approximate surface area is 94.2 Å². The number of likely N-dealkylation sites (tertiary alicyclic amines) is 1. The highest BCUT2D eigenvalue weighted by Crippen LogP contribution is 2.17. The van der Waals surface area contributed by atoms with Crippen LogP contribution >= 0.6 is 0 Å². The fourth-order valence-corrected chi connectivity index (χ4v) is 2.36. The Morgan fingerprint density at radius 3 is 3.00 bits per heavy atom. The SMILES string of the molecule is CCNCC1CCCN(C(C)COC)C1. The highest BCUT2D eigenvalue weighted by atomic mass is 16.5. The molecule has 0 radical (unpaired) electrons. The summed E-state index contributed by atoms with van der Waals surface area (Å²) in [5.41, 5.74) is 0. The molecule has 3 heteroatoms. The van der Waals surface area contributed by atoms with E-state index in [0.717, 1.165) is 19.1 Å². The van der Waals surface area contributed by atoms with Gasteiger partial charge in [-0.3, -0.25) is 4.90 Å². The lowest BCUT2D eigenvalue weighted by Crippen LogP contribution is -2.45. The summed E-state index contributed by atoms with van der Waals surface area (Å²) in [6, 6.07) is 0.569. The van der Waals surface area contributed by atoms with Gasteiger partial charge in [-0.05, 0) is 45.3 Å². The normalized spacial score (nSPS) is 25.4. The van der Waals surface area contributed by atoms with Crippen LogP contribution in [-0.4, -0.2) is 50.8 Å². The Kier molecular flexibility index (Phi) is 6.22. The van der Waals surface area contributed by atoms with Crippen LogP contribution in [0.25, 0.3) is 0 Å². The van der Waals surface area contributed by atoms with Crippen molar-refractivity contribution < 1.29 is 4.74 Å². The molecule has 1 N–H and O–H groups in total. The summed E-state index contributed by atoms with van der Waals surface area (Å²) >= 11 is 0. The minimum atomic E-state index is 0.569. The Morgan fingerprint density at radius 2 is 2.33 bits per heavy atom. The lowest BCUT2D eigenvalue weighted by atomic mass is 9.97. The van der Waals surface area contributed by atoms with Crippen LogP contribution < -0.4 is 5.32 Å². The van der Waals surface area contributed by atoms with Crippen molar-refractivity contribution in [2.45, 2.75) is 32.7 Å². The van der Waals surface area contributed by atoms with Crippen LogP contribution in [0.3, 0.4) is 0 Å². The summed E-state index contributed by atoms with van der Waals surface area (Å²) in [6.45, 7) is 10.0. The third-order valence-corrected chi connectivity index (χ3v) is 3.26. The molecule has 1 heterocycles. The second kappa shape index (κ2) is 7.20. The molecule has 0 aromatic carbocycles. The molecular weight excluding hydrogens is 188 g/mol. The van der Waals surface area contributed by atoms with Crippen LogP contribution in [0.5, 0.6) is 0 Å². The number of hydrogen-bond acceptors (Lipinski definition) is 3. The summed E-state index contributed by atoms with van der Waals surface area (Å²) in [5, 5.41) is 3.45. The molecule has 1 saturated heterocycles. The third kappa shape index (κ3) is 4.49. The predicted molar refractivity (Wildman–Crippen MR) is 64.2 cm³/mol. The van der Waals surface area contributed by atoms with E-state index in [1.54, 1.807) is 7.11 Å². The van der Waals surface area contributed by atoms with E-state index in [-0.39, 0.29) is 0 Å². The predicted octanol–water partition coefficient (Wildman–Crippen LogP) is 1.34. The Hall–Kier alpha value is -0.120. The topological polar surface area (TPSA) is 24.5 Å². The lowest BCUT2D eigenvalue weighted by Gasteiger charge is -2.36. The molecule has 0 aliphatic carbocycles. The Bertz CT molecular complexity index is 164. The third-order valence-electron chi connectivity index (χ3n) is 3.26. The zero-order valence-corrected chi connectivity index (χ0v) is 10.5. The van der Waals surface area contributed by atoms with Crippen LogP contribution in [0.15, 0.2) is 0 Å². The first-order valence-electron chi connectivity index (χ1n) is 6.21. The fraction of sp³-hybridized carbons (Fsp3) is 1.00. The van der Waals surface area contributed by atoms with Gasteiger partial charge in [-0.15, -0.1) is 0 Å². The van der Waals surface area contributed by atoms with Gasteiger partial charge in [0.2, 0.25) is 0 Å². The maximum Gasteiger partial charge on any atom is 0.0615 e. The quantitative estimate of drug-likeness (QED) is 0.722. The first-order valence-corrected chi connectivity index (χ1v) is 6.21. The van der Waals surface area contributed by atoms with Gasteiger partial charge in [0.25, 0.3) is 0 Å². The Balaban J connectivity index is 2.28. The zero-order valence-electron chi connectivity index (χ0n) is 10.5. The number of ether oxygens (including phenoxy) is 1. The van der Waals surface area contributed by atoms with Crippen molar-refractivity contribution in [1.29, 1.82) is 0 Å². The lowest BCUT2D eigenvalue weighted by molar-refractivity contribution is 0.0681. The van der Waals surface area contributed by atoms with Gasteiger partial charge in [0.05, 0.1) is 6.61 Å². The van der Waals surface area contributed by atoms with Crippen molar-refractivity contribution in [3.05, 3.63) is 0 Å². The molecule has 1 aliphatic rings. The number of nitrogens with one attached hydrogen (secondary N) is 1. The minimum absolute atomic E-state index is 0.569. The summed E-state index contributed by atoms with van der Waals surface area (Å²) in [6.07, 6.45) is 2.72. The van der Waals surface area contributed by atoms with E-state index in [1.807, 2.05) is 0 Å². The summed E-state index contributed by atoms with van der Waals surface area (Å²) in [4.78, 5) is 2.56. The summed E-state index contributed by atoms with van der Waals surface area (Å²) < 4.78 is 5.22. The molecule has 2 atom stereocenters. The van der Waals surface area contributed by atoms with Gasteiger partial charge in [0.1, 0.15) is 0 Å². The van der Waals surface area contributed by atoms with Crippen molar-refractivity contribution in [3.8, 4) is 0 Å². The van der Waals surface area contributed by atoms with E-state index in [2.05, 4.69) is 24.1 Å². The number of nitrogens with zero attached hydrogens (tertiary/aromatic N) is 1. The monoisotopic (exact) mass is 214 g/mol. The van der Waals surface area contributed by atoms with Gasteiger partial charge in [-0.1, -0.05) is 6.92 Å². The van der Waals surface area contributed by atoms with Gasteiger partial charge in [-0.2, -0.15) is 0 Å². The standard InChI is InChI=1S/C12H26N2O/c1-4-13-8-12-6-5-7-14(9-12)11(2)10-15-3/h11-13H,4-10H2,1-3H3. The minimum Gasteiger partial charge on any atom is -0.383 e. The van der Waals surface area contributed by atoms with E-state index in [1.165, 1.54) is 32.5 Å². The van der Waals surface area contributed by atoms with E-state index < -0.39 is 0 Å². The molecule has 3 nitrogen and oxygen atoms in total. The van der Waals surface area contributed by atoms with Crippen molar-refractivity contribution >= 4 is 0 Å². The summed E-state index contributed by atoms with van der Waals surface area (Å²) in [7, 11) is 1.79. The molecule has 0 spiro atoms. The number of piperidine rings is 1. The van der Waals surface area contributed by atoms with Gasteiger partial charge in [0, 0.05) is 19.7 Å². The van der Waals surface area contributed by atoms with Crippen molar-refractivity contribution in [2.24, 2.45) is 5.92 Å². The maximum absolute atomic E-state index is 5.22. The van der Waals surface area contributed by atoms with Gasteiger partial charge in [0.15, 0.2) is 0 Å². The molecule has 0 saturated carbocycles. The Morgan fingerprint density at radius 1 is 1.53 bits per heavy atom. The average molecular weight is 214 g/mol. The van der Waals surface area contributed by atoms with E-state index in [4.69, 9.17) is 4.74 Å². The van der Waals surface area contributed by atoms with E-state index in [9.17, 15) is 0 Å². The molecule has 90 valence electrons. The smallest absolute Gasteiger partial charge is 0.0615 e. The van der Waals surface area contributed by atoms with Crippen molar-refractivity contribution in [3.63, 3.8) is 0 Å². The van der Waals surface area contributed by atoms with Gasteiger partial charge in [-0.25, -0.2) is 0 Å². The molecular formula is C12H26N2O. The number of hydrogen-bond donors (Lipinski definition) is 1. The van der Waals surface area contributed by atoms with Crippen LogP contribution in [-0.2, 0) is 4.74 Å². The zero-order chi connectivity index (χ0) is 11.1. The second-order valence-electron chi connectivity index (χ2n) is 4.62. The molecule has 0 aromatic heterocycles. The molecule has 15 heavy (non-hydrogen) atoms. The molecule has 0 amide bonds. The van der Waals surface area contributed by atoms with Crippen molar-refractivity contribution in [2.75, 3.05) is 39.9 Å². The van der Waals surface area contributed by atoms with Crippen LogP contribution in [0.2, 0.25) is 0 Å². The number of methoxy groups -OCH3 is 1. The van der Waals surface area contributed by atoms with E-state index >= 15 is 0 Å². The van der Waals surface area contributed by atoms with Gasteiger partial charge < -0.3 is 10.1 Å². The average Bonchev–Trinajstić information content (AvgIpc) is 2.27. The van der Waals surface area contributed by atoms with Crippen LogP contribution in [0.1, 0.15) is 26.7 Å². The molecule has 1 fully saturated rings. The molecule has 0 aromatic rings. The largest absolute Gasteiger partial charge is 0.383 e. The van der Waals surface area contributed by atoms with Gasteiger partial charge >= 0.3 is 0 Å². The maximum atomic E-state index is 5.22. The van der Waals surface area contributed by atoms with Crippen LogP contribution in [0, 0.1) is 5.92 Å². The highest BCUT2D eigenvalue weighted by Gasteiger charge is 2.22. The molecule has 0 bridgehead atoms. The second-order valence-corrected chi connectivity index (χ2v) is 4.62. The molecule has 1 aliphatic heterocycles. The first-order chi connectivity index (χ1) is 7.27. The number of rotatable bonds is 6.